The van der Waals surface area contributed by atoms with Gasteiger partial charge in [-0.1, -0.05) is 197 Å². The van der Waals surface area contributed by atoms with Crippen molar-refractivity contribution in [2.45, 2.75) is 67.2 Å². The van der Waals surface area contributed by atoms with Crippen LogP contribution in [0.4, 0.5) is 34.1 Å². The normalized spacial score (nSPS) is 11.9. The monoisotopic (exact) mass is 1010 g/mol. The zero-order valence-corrected chi connectivity index (χ0v) is 45.6. The van der Waals surface area contributed by atoms with E-state index in [1.54, 1.807) is 0 Å². The Morgan fingerprint density at radius 1 is 0.346 bits per heavy atom. The Morgan fingerprint density at radius 3 is 1.35 bits per heavy atom. The molecule has 13 aromatic rings. The molecule has 0 aliphatic carbocycles. The second-order valence-electron chi connectivity index (χ2n) is 22.0. The number of furan rings is 1. The number of nitrogens with zero attached hydrogens (tertiary/aromatic N) is 2. The lowest BCUT2D eigenvalue weighted by atomic mass is 9.84. The number of rotatable bonds is 11. The average molecular weight is 1010 g/mol. The van der Waals surface area contributed by atoms with Crippen LogP contribution in [0, 0.1) is 27.7 Å². The van der Waals surface area contributed by atoms with Crippen LogP contribution in [0.1, 0.15) is 72.9 Å². The van der Waals surface area contributed by atoms with Gasteiger partial charge in [-0.15, -0.1) is 0 Å². The molecule has 0 radical (unpaired) electrons. The minimum absolute atomic E-state index is 0.181. The summed E-state index contributed by atoms with van der Waals surface area (Å²) in [4.78, 5) is 4.73. The van der Waals surface area contributed by atoms with Gasteiger partial charge in [0.15, 0.2) is 5.58 Å². The molecule has 1 aromatic heterocycles. The van der Waals surface area contributed by atoms with Crippen LogP contribution < -0.4 is 9.80 Å². The number of hydrogen-bond donors (Lipinski definition) is 1. The molecule has 0 spiro atoms. The lowest BCUT2D eigenvalue weighted by Crippen LogP contribution is -2.13. The molecule has 0 saturated carbocycles. The van der Waals surface area contributed by atoms with Gasteiger partial charge in [-0.2, -0.15) is 0 Å². The summed E-state index contributed by atoms with van der Waals surface area (Å²) >= 11 is 0. The molecule has 0 aliphatic rings. The fourth-order valence-electron chi connectivity index (χ4n) is 12.3. The number of anilines is 6. The summed E-state index contributed by atoms with van der Waals surface area (Å²) in [6.45, 7) is 17.8. The van der Waals surface area contributed by atoms with E-state index >= 15 is 0 Å². The molecule has 1 N–H and O–H groups in total. The standard InChI is InChI=1S/C74H62N2O2/c1-44(2)64-42-68(75(52-33-29-46(5)30-34-52)66-27-15-23-56(72(66)77)51-20-13-19-50(41-51)54-21-11-9-17-48(54)7)62-39-37-58-65(45(3)4)43-69(63-40-38-57(64)70(62)71(58)63)76(53-35-31-47(6)32-36-53)67-28-16-26-61-60-25-14-24-59(73(60)78-74(61)67)55-22-12-10-18-49(55)8/h9-45,77H,1-8H3. The Labute approximate surface area is 457 Å². The lowest BCUT2D eigenvalue weighted by molar-refractivity contribution is 0.478. The summed E-state index contributed by atoms with van der Waals surface area (Å²) in [7, 11) is 0. The molecule has 0 amide bonds. The van der Waals surface area contributed by atoms with Gasteiger partial charge >= 0.3 is 0 Å². The molecule has 0 atom stereocenters. The molecule has 4 nitrogen and oxygen atoms in total. The SMILES string of the molecule is Cc1ccc(N(c2cccc(-c3cccc(-c4ccccc4C)c3)c2O)c2cc(C(C)C)c3ccc4c(N(c5ccc(C)cc5)c5cccc6c5oc5c(-c7ccccc7C)cccc56)cc(C(C)C)c5ccc2c3c54)cc1. The van der Waals surface area contributed by atoms with E-state index in [1.165, 1.54) is 66.1 Å². The molecule has 13 rings (SSSR count). The fraction of sp³-hybridized carbons (Fsp3) is 0.135. The zero-order chi connectivity index (χ0) is 53.5. The van der Waals surface area contributed by atoms with Gasteiger partial charge in [0.05, 0.1) is 22.7 Å². The largest absolute Gasteiger partial charge is 0.505 e. The minimum atomic E-state index is 0.181. The second kappa shape index (κ2) is 19.2. The predicted molar refractivity (Wildman–Crippen MR) is 332 cm³/mol. The first-order chi connectivity index (χ1) is 37.9. The van der Waals surface area contributed by atoms with Crippen LogP contribution in [0.25, 0.3) is 87.6 Å². The Morgan fingerprint density at radius 2 is 0.782 bits per heavy atom. The van der Waals surface area contributed by atoms with Crippen molar-refractivity contribution in [2.24, 2.45) is 0 Å². The van der Waals surface area contributed by atoms with E-state index in [4.69, 9.17) is 4.42 Å². The van der Waals surface area contributed by atoms with E-state index in [2.05, 4.69) is 271 Å². The lowest BCUT2D eigenvalue weighted by Gasteiger charge is -2.32. The molecular weight excluding hydrogens is 949 g/mol. The van der Waals surface area contributed by atoms with Crippen LogP contribution >= 0.6 is 0 Å². The molecule has 4 heteroatoms. The fourth-order valence-corrected chi connectivity index (χ4v) is 12.3. The second-order valence-corrected chi connectivity index (χ2v) is 22.0. The van der Waals surface area contributed by atoms with Gasteiger partial charge in [-0.25, -0.2) is 0 Å². The van der Waals surface area contributed by atoms with Crippen LogP contribution in [-0.2, 0) is 0 Å². The van der Waals surface area contributed by atoms with Crippen molar-refractivity contribution in [1.29, 1.82) is 0 Å². The minimum Gasteiger partial charge on any atom is -0.505 e. The van der Waals surface area contributed by atoms with E-state index in [0.29, 0.717) is 5.69 Å². The topological polar surface area (TPSA) is 39.9 Å². The van der Waals surface area contributed by atoms with Crippen molar-refractivity contribution >= 4 is 88.4 Å². The molecule has 380 valence electrons. The number of aromatic hydroxyl groups is 1. The van der Waals surface area contributed by atoms with E-state index in [1.807, 2.05) is 6.07 Å². The van der Waals surface area contributed by atoms with Crippen molar-refractivity contribution in [2.75, 3.05) is 9.80 Å². The summed E-state index contributed by atoms with van der Waals surface area (Å²) in [6, 6.07) is 76.8. The first-order valence-electron chi connectivity index (χ1n) is 27.4. The number of phenols is 1. The Kier molecular flexibility index (Phi) is 11.9. The van der Waals surface area contributed by atoms with E-state index in [0.717, 1.165) is 83.4 Å². The maximum atomic E-state index is 12.9. The van der Waals surface area contributed by atoms with Crippen LogP contribution in [0.15, 0.2) is 217 Å². The van der Waals surface area contributed by atoms with Gasteiger partial charge in [0, 0.05) is 44.0 Å². The molecule has 0 bridgehead atoms. The average Bonchev–Trinajstić information content (AvgIpc) is 4.01. The highest BCUT2D eigenvalue weighted by Gasteiger charge is 2.29. The Bertz CT molecular complexity index is 4450. The Balaban J connectivity index is 1.08. The maximum absolute atomic E-state index is 12.9. The van der Waals surface area contributed by atoms with Crippen molar-refractivity contribution in [3.05, 3.63) is 246 Å². The maximum Gasteiger partial charge on any atom is 0.159 e. The summed E-state index contributed by atoms with van der Waals surface area (Å²) < 4.78 is 7.26. The van der Waals surface area contributed by atoms with Crippen molar-refractivity contribution in [1.82, 2.24) is 0 Å². The van der Waals surface area contributed by atoms with Gasteiger partial charge in [-0.05, 0) is 160 Å². The number of aryl methyl sites for hydroxylation is 4. The molecule has 0 aliphatic heterocycles. The molecule has 1 heterocycles. The summed E-state index contributed by atoms with van der Waals surface area (Å²) in [5.74, 6) is 0.602. The highest BCUT2D eigenvalue weighted by Crippen LogP contribution is 2.54. The Hall–Kier alpha value is -9.12. The number of benzene rings is 12. The van der Waals surface area contributed by atoms with Crippen LogP contribution in [0.5, 0.6) is 5.75 Å². The zero-order valence-electron chi connectivity index (χ0n) is 45.6. The first kappa shape index (κ1) is 48.5. The third-order valence-corrected chi connectivity index (χ3v) is 16.3. The molecule has 78 heavy (non-hydrogen) atoms. The quantitative estimate of drug-likeness (QED) is 0.131. The first-order valence-corrected chi connectivity index (χ1v) is 27.4. The van der Waals surface area contributed by atoms with E-state index < -0.39 is 0 Å². The van der Waals surface area contributed by atoms with Gasteiger partial charge < -0.3 is 19.3 Å². The number of phenolic OH excluding ortho intramolecular Hbond substituents is 1. The smallest absolute Gasteiger partial charge is 0.159 e. The number of hydrogen-bond acceptors (Lipinski definition) is 4. The van der Waals surface area contributed by atoms with Crippen LogP contribution in [0.3, 0.4) is 0 Å². The van der Waals surface area contributed by atoms with Gasteiger partial charge in [-0.3, -0.25) is 0 Å². The highest BCUT2D eigenvalue weighted by molar-refractivity contribution is 6.30. The summed E-state index contributed by atoms with van der Waals surface area (Å²) in [5.41, 5.74) is 21.1. The van der Waals surface area contributed by atoms with Gasteiger partial charge in [0.25, 0.3) is 0 Å². The molecular formula is C74H62N2O2. The highest BCUT2D eigenvalue weighted by atomic mass is 16.3. The van der Waals surface area contributed by atoms with Crippen molar-refractivity contribution in [3.63, 3.8) is 0 Å². The molecule has 12 aromatic carbocycles. The molecule has 0 saturated heterocycles. The van der Waals surface area contributed by atoms with Gasteiger partial charge in [0.1, 0.15) is 11.3 Å². The third kappa shape index (κ3) is 7.97. The van der Waals surface area contributed by atoms with E-state index in [9.17, 15) is 5.11 Å². The van der Waals surface area contributed by atoms with Crippen LogP contribution in [-0.4, -0.2) is 5.11 Å². The molecule has 0 fully saturated rings. The van der Waals surface area contributed by atoms with E-state index in [-0.39, 0.29) is 17.6 Å². The third-order valence-electron chi connectivity index (χ3n) is 16.3. The van der Waals surface area contributed by atoms with Crippen molar-refractivity contribution < 1.29 is 9.52 Å². The van der Waals surface area contributed by atoms with Crippen molar-refractivity contribution in [3.8, 4) is 39.1 Å². The number of fused-ring (bicyclic) bond motifs is 3. The summed E-state index contributed by atoms with van der Waals surface area (Å²) in [6.07, 6.45) is 0. The predicted octanol–water partition coefficient (Wildman–Crippen LogP) is 21.6. The molecule has 0 unspecified atom stereocenters. The number of para-hydroxylation sites is 3. The van der Waals surface area contributed by atoms with Gasteiger partial charge in [0.2, 0.25) is 0 Å². The summed E-state index contributed by atoms with van der Waals surface area (Å²) in [5, 5.41) is 22.2. The van der Waals surface area contributed by atoms with Crippen LogP contribution in [0.2, 0.25) is 0 Å².